The topological polar surface area (TPSA) is 64.5 Å². The Balaban J connectivity index is 1.12. The highest BCUT2D eigenvalue weighted by Gasteiger charge is 2.37. The Bertz CT molecular complexity index is 2520. The van der Waals surface area contributed by atoms with Crippen LogP contribution in [0.1, 0.15) is 0 Å². The second-order valence-electron chi connectivity index (χ2n) is 13.4. The van der Waals surface area contributed by atoms with Crippen molar-refractivity contribution >= 4 is 18.4 Å². The molecule has 0 N–H and O–H groups in total. The third-order valence-corrected chi connectivity index (χ3v) is 13.5. The van der Waals surface area contributed by atoms with Crippen LogP contribution in [0.4, 0.5) is 0 Å². The molecule has 8 aromatic rings. The summed E-state index contributed by atoms with van der Waals surface area (Å²) in [7, 11) is -1.92. The molecular weight excluding hydrogens is 639 g/mol. The van der Waals surface area contributed by atoms with Gasteiger partial charge in [-0.2, -0.15) is 0 Å². The number of hydrogen-bond donors (Lipinski definition) is 0. The van der Waals surface area contributed by atoms with Crippen molar-refractivity contribution in [3.8, 4) is 78.8 Å². The van der Waals surface area contributed by atoms with Crippen molar-refractivity contribution in [2.24, 2.45) is 0 Å². The molecule has 0 spiro atoms. The van der Waals surface area contributed by atoms with Crippen molar-refractivity contribution in [1.82, 2.24) is 24.9 Å². The Hall–Kier alpha value is -6.37. The maximum atomic E-state index is 5.09. The minimum atomic E-state index is -1.92. The second kappa shape index (κ2) is 12.5. The van der Waals surface area contributed by atoms with Gasteiger partial charge in [0.25, 0.3) is 0 Å². The zero-order valence-corrected chi connectivity index (χ0v) is 29.3. The van der Waals surface area contributed by atoms with E-state index in [9.17, 15) is 0 Å². The first-order chi connectivity index (χ1) is 25.0. The Kier molecular flexibility index (Phi) is 7.52. The van der Waals surface area contributed by atoms with Crippen LogP contribution >= 0.6 is 0 Å². The lowest BCUT2D eigenvalue weighted by atomic mass is 9.99. The molecule has 4 heterocycles. The standard InChI is InChI=1S/C45H33N5Si/c1-51(2)41-23-20-34(40-22-19-37(29-47-40)36-14-9-25-46-28-36)26-38(41)39-27-35(21-24-42(39)51)45-49-43(32-12-7-4-8-13-32)48-44(50-45)33-17-15-31(16-18-33)30-10-5-3-6-11-30/h3-29H,1-2H3. The molecule has 51 heavy (non-hydrogen) atoms. The van der Waals surface area contributed by atoms with E-state index >= 15 is 0 Å². The van der Waals surface area contributed by atoms with Crippen molar-refractivity contribution in [2.45, 2.75) is 13.1 Å². The van der Waals surface area contributed by atoms with E-state index in [4.69, 9.17) is 19.9 Å². The van der Waals surface area contributed by atoms with Gasteiger partial charge in [0.1, 0.15) is 8.07 Å². The Morgan fingerprint density at radius 1 is 0.392 bits per heavy atom. The zero-order chi connectivity index (χ0) is 34.4. The highest BCUT2D eigenvalue weighted by atomic mass is 28.3. The highest BCUT2D eigenvalue weighted by Crippen LogP contribution is 2.35. The van der Waals surface area contributed by atoms with Crippen LogP contribution in [0.2, 0.25) is 13.1 Å². The van der Waals surface area contributed by atoms with Gasteiger partial charge in [-0.1, -0.05) is 134 Å². The summed E-state index contributed by atoms with van der Waals surface area (Å²) in [6.45, 7) is 4.87. The van der Waals surface area contributed by atoms with E-state index in [1.807, 2.05) is 54.9 Å². The third-order valence-electron chi connectivity index (χ3n) is 9.91. The van der Waals surface area contributed by atoms with Crippen LogP contribution in [0.15, 0.2) is 164 Å². The van der Waals surface area contributed by atoms with Crippen LogP contribution < -0.4 is 10.4 Å². The zero-order valence-electron chi connectivity index (χ0n) is 28.3. The summed E-state index contributed by atoms with van der Waals surface area (Å²) in [6, 6.07) is 50.9. The summed E-state index contributed by atoms with van der Waals surface area (Å²) in [5, 5.41) is 2.86. The fraction of sp³-hybridized carbons (Fsp3) is 0.0444. The number of benzene rings is 5. The number of hydrogen-bond acceptors (Lipinski definition) is 5. The maximum absolute atomic E-state index is 5.09. The molecule has 0 unspecified atom stereocenters. The molecule has 3 aromatic heterocycles. The van der Waals surface area contributed by atoms with Crippen molar-refractivity contribution in [3.05, 3.63) is 164 Å². The molecule has 1 aliphatic heterocycles. The van der Waals surface area contributed by atoms with Crippen LogP contribution in [0, 0.1) is 0 Å². The third kappa shape index (κ3) is 5.65. The van der Waals surface area contributed by atoms with Gasteiger partial charge < -0.3 is 0 Å². The van der Waals surface area contributed by atoms with Gasteiger partial charge in [-0.3, -0.25) is 9.97 Å². The molecule has 9 rings (SSSR count). The summed E-state index contributed by atoms with van der Waals surface area (Å²) in [5.41, 5.74) is 11.9. The summed E-state index contributed by atoms with van der Waals surface area (Å²) in [5.74, 6) is 1.96. The molecule has 0 bridgehead atoms. The fourth-order valence-corrected chi connectivity index (χ4v) is 10.2. The molecule has 5 aromatic carbocycles. The minimum absolute atomic E-state index is 0.650. The quantitative estimate of drug-likeness (QED) is 0.165. The van der Waals surface area contributed by atoms with Crippen molar-refractivity contribution in [3.63, 3.8) is 0 Å². The van der Waals surface area contributed by atoms with E-state index in [2.05, 4.69) is 121 Å². The van der Waals surface area contributed by atoms with Gasteiger partial charge in [-0.25, -0.2) is 15.0 Å². The SMILES string of the molecule is C[Si]1(C)c2ccc(-c3ccc(-c4cccnc4)cn3)cc2-c2cc(-c3nc(-c4ccccc4)nc(-c4ccc(-c5ccccc5)cc4)n3)ccc21. The van der Waals surface area contributed by atoms with E-state index in [1.54, 1.807) is 6.20 Å². The molecular formula is C45H33N5Si. The van der Waals surface area contributed by atoms with E-state index in [0.29, 0.717) is 17.5 Å². The van der Waals surface area contributed by atoms with Gasteiger partial charge >= 0.3 is 0 Å². The number of rotatable bonds is 6. The normalized spacial score (nSPS) is 12.7. The molecule has 0 fully saturated rings. The second-order valence-corrected chi connectivity index (χ2v) is 17.8. The number of aromatic nitrogens is 5. The lowest BCUT2D eigenvalue weighted by Gasteiger charge is -2.19. The van der Waals surface area contributed by atoms with Crippen LogP contribution in [-0.2, 0) is 0 Å². The number of fused-ring (bicyclic) bond motifs is 3. The van der Waals surface area contributed by atoms with E-state index < -0.39 is 8.07 Å². The fourth-order valence-electron chi connectivity index (χ4n) is 7.13. The van der Waals surface area contributed by atoms with Gasteiger partial charge in [0, 0.05) is 52.0 Å². The van der Waals surface area contributed by atoms with Crippen LogP contribution in [0.5, 0.6) is 0 Å². The summed E-state index contributed by atoms with van der Waals surface area (Å²) in [4.78, 5) is 24.3. The predicted octanol–water partition coefficient (Wildman–Crippen LogP) is 9.47. The first-order valence-electron chi connectivity index (χ1n) is 17.2. The van der Waals surface area contributed by atoms with Gasteiger partial charge in [0.2, 0.25) is 0 Å². The van der Waals surface area contributed by atoms with Crippen molar-refractivity contribution in [1.29, 1.82) is 0 Å². The van der Waals surface area contributed by atoms with Gasteiger partial charge in [0.05, 0.1) is 5.69 Å². The van der Waals surface area contributed by atoms with Crippen LogP contribution in [0.3, 0.4) is 0 Å². The molecule has 0 saturated heterocycles. The van der Waals surface area contributed by atoms with Gasteiger partial charge in [-0.15, -0.1) is 0 Å². The summed E-state index contributed by atoms with van der Waals surface area (Å²) >= 11 is 0. The van der Waals surface area contributed by atoms with E-state index in [-0.39, 0.29) is 0 Å². The van der Waals surface area contributed by atoms with Crippen molar-refractivity contribution in [2.75, 3.05) is 0 Å². The molecule has 6 heteroatoms. The Morgan fingerprint density at radius 3 is 1.47 bits per heavy atom. The molecule has 242 valence electrons. The summed E-state index contributed by atoms with van der Waals surface area (Å²) in [6.07, 6.45) is 5.59. The van der Waals surface area contributed by atoms with E-state index in [1.165, 1.54) is 27.1 Å². The van der Waals surface area contributed by atoms with Gasteiger partial charge in [-0.05, 0) is 56.9 Å². The average molecular weight is 672 g/mol. The largest absolute Gasteiger partial charge is 0.264 e. The molecule has 5 nitrogen and oxygen atoms in total. The lowest BCUT2D eigenvalue weighted by Crippen LogP contribution is -2.49. The lowest BCUT2D eigenvalue weighted by molar-refractivity contribution is 1.07. The first kappa shape index (κ1) is 30.7. The summed E-state index contributed by atoms with van der Waals surface area (Å²) < 4.78 is 0. The van der Waals surface area contributed by atoms with Crippen LogP contribution in [0.25, 0.3) is 78.8 Å². The molecule has 0 aliphatic carbocycles. The van der Waals surface area contributed by atoms with Crippen LogP contribution in [-0.4, -0.2) is 33.0 Å². The molecule has 1 aliphatic rings. The van der Waals surface area contributed by atoms with E-state index in [0.717, 1.165) is 44.6 Å². The maximum Gasteiger partial charge on any atom is 0.164 e. The van der Waals surface area contributed by atoms with Gasteiger partial charge in [0.15, 0.2) is 17.5 Å². The Labute approximate surface area is 298 Å². The van der Waals surface area contributed by atoms with Crippen molar-refractivity contribution < 1.29 is 0 Å². The highest BCUT2D eigenvalue weighted by molar-refractivity contribution is 7.03. The average Bonchev–Trinajstić information content (AvgIpc) is 3.43. The predicted molar refractivity (Wildman–Crippen MR) is 210 cm³/mol. The number of nitrogens with zero attached hydrogens (tertiary/aromatic N) is 5. The Morgan fingerprint density at radius 2 is 0.863 bits per heavy atom. The molecule has 0 amide bonds. The molecule has 0 saturated carbocycles. The first-order valence-corrected chi connectivity index (χ1v) is 20.2. The monoisotopic (exact) mass is 671 g/mol. The molecule has 0 radical (unpaired) electrons. The smallest absolute Gasteiger partial charge is 0.164 e. The number of pyridine rings is 2. The molecule has 0 atom stereocenters. The minimum Gasteiger partial charge on any atom is -0.264 e.